The van der Waals surface area contributed by atoms with Gasteiger partial charge in [0.05, 0.1) is 18.8 Å². The monoisotopic (exact) mass is 177 g/mol. The first-order valence-corrected chi connectivity index (χ1v) is 3.96. The zero-order valence-electron chi connectivity index (χ0n) is 6.92. The molecule has 5 atom stereocenters. The highest BCUT2D eigenvalue weighted by molar-refractivity contribution is 4.92. The molecule has 1 saturated heterocycles. The summed E-state index contributed by atoms with van der Waals surface area (Å²) in [6, 6.07) is -0.595. The zero-order valence-corrected chi connectivity index (χ0v) is 6.92. The lowest BCUT2D eigenvalue weighted by Gasteiger charge is -2.39. The number of rotatable bonds is 1. The number of ether oxygens (including phenoxy) is 1. The van der Waals surface area contributed by atoms with E-state index in [2.05, 4.69) is 0 Å². The normalized spacial score (nSPS) is 49.2. The van der Waals surface area contributed by atoms with Crippen molar-refractivity contribution in [2.75, 3.05) is 6.61 Å². The fourth-order valence-corrected chi connectivity index (χ4v) is 1.32. The van der Waals surface area contributed by atoms with Gasteiger partial charge in [0, 0.05) is 0 Å². The standard InChI is InChI=1S/C7H15NO4/c1-3-5(8)7(11)6(10)4(2-9)12-3/h3-7,9-11H,2,8H2,1H3/t3-,4?,5?,6+,7?/m0/s1. The van der Waals surface area contributed by atoms with Crippen LogP contribution in [0.4, 0.5) is 0 Å². The second-order valence-electron chi connectivity index (χ2n) is 3.12. The molecule has 0 aromatic carbocycles. The Morgan fingerprint density at radius 3 is 2.42 bits per heavy atom. The molecule has 0 spiro atoms. The van der Waals surface area contributed by atoms with Crippen molar-refractivity contribution in [2.24, 2.45) is 5.73 Å². The molecule has 5 nitrogen and oxygen atoms in total. The van der Waals surface area contributed by atoms with E-state index < -0.39 is 24.4 Å². The van der Waals surface area contributed by atoms with Gasteiger partial charge in [-0.15, -0.1) is 0 Å². The number of hydrogen-bond acceptors (Lipinski definition) is 5. The van der Waals surface area contributed by atoms with E-state index in [9.17, 15) is 10.2 Å². The molecule has 0 aromatic rings. The summed E-state index contributed by atoms with van der Waals surface area (Å²) in [5, 5.41) is 27.4. The van der Waals surface area contributed by atoms with Crippen molar-refractivity contribution in [1.29, 1.82) is 0 Å². The van der Waals surface area contributed by atoms with Crippen molar-refractivity contribution >= 4 is 0 Å². The van der Waals surface area contributed by atoms with Gasteiger partial charge in [-0.2, -0.15) is 0 Å². The van der Waals surface area contributed by atoms with E-state index in [0.717, 1.165) is 0 Å². The highest BCUT2D eigenvalue weighted by Gasteiger charge is 2.40. The van der Waals surface area contributed by atoms with Crippen LogP contribution in [0.2, 0.25) is 0 Å². The van der Waals surface area contributed by atoms with Crippen LogP contribution in [0.3, 0.4) is 0 Å². The summed E-state index contributed by atoms with van der Waals surface area (Å²) in [6.45, 7) is 1.39. The third-order valence-corrected chi connectivity index (χ3v) is 2.24. The predicted molar refractivity (Wildman–Crippen MR) is 41.4 cm³/mol. The van der Waals surface area contributed by atoms with Crippen LogP contribution in [0.5, 0.6) is 0 Å². The highest BCUT2D eigenvalue weighted by Crippen LogP contribution is 2.18. The first kappa shape index (κ1) is 9.88. The van der Waals surface area contributed by atoms with E-state index >= 15 is 0 Å². The smallest absolute Gasteiger partial charge is 0.110 e. The largest absolute Gasteiger partial charge is 0.394 e. The number of aliphatic hydroxyl groups is 3. The molecule has 0 amide bonds. The Morgan fingerprint density at radius 2 is 1.92 bits per heavy atom. The van der Waals surface area contributed by atoms with Gasteiger partial charge in [-0.05, 0) is 6.92 Å². The van der Waals surface area contributed by atoms with Crippen molar-refractivity contribution in [1.82, 2.24) is 0 Å². The fourth-order valence-electron chi connectivity index (χ4n) is 1.32. The van der Waals surface area contributed by atoms with Crippen LogP contribution in [-0.4, -0.2) is 52.4 Å². The number of aliphatic hydroxyl groups excluding tert-OH is 3. The molecule has 0 radical (unpaired) electrons. The van der Waals surface area contributed by atoms with Gasteiger partial charge in [0.15, 0.2) is 0 Å². The molecule has 0 aromatic heterocycles. The third-order valence-electron chi connectivity index (χ3n) is 2.24. The van der Waals surface area contributed by atoms with Crippen LogP contribution in [0.25, 0.3) is 0 Å². The summed E-state index contributed by atoms with van der Waals surface area (Å²) in [4.78, 5) is 0. The minimum atomic E-state index is -1.10. The molecule has 0 saturated carbocycles. The highest BCUT2D eigenvalue weighted by atomic mass is 16.5. The summed E-state index contributed by atoms with van der Waals surface area (Å²) in [5.74, 6) is 0. The maximum atomic E-state index is 9.35. The topological polar surface area (TPSA) is 95.9 Å². The fraction of sp³-hybridized carbons (Fsp3) is 1.00. The van der Waals surface area contributed by atoms with Gasteiger partial charge in [-0.25, -0.2) is 0 Å². The Hall–Kier alpha value is -0.200. The molecule has 0 aliphatic carbocycles. The molecule has 0 bridgehead atoms. The Labute approximate surface area is 70.8 Å². The first-order chi connectivity index (χ1) is 5.57. The van der Waals surface area contributed by atoms with Gasteiger partial charge in [0.25, 0.3) is 0 Å². The van der Waals surface area contributed by atoms with E-state index in [0.29, 0.717) is 0 Å². The summed E-state index contributed by atoms with van der Waals surface area (Å²) in [6.07, 6.45) is -3.19. The maximum Gasteiger partial charge on any atom is 0.110 e. The zero-order chi connectivity index (χ0) is 9.30. The minimum absolute atomic E-state index is 0.310. The van der Waals surface area contributed by atoms with Gasteiger partial charge in [0.1, 0.15) is 18.3 Å². The molecular formula is C7H15NO4. The van der Waals surface area contributed by atoms with E-state index in [1.807, 2.05) is 0 Å². The quantitative estimate of drug-likeness (QED) is 0.365. The minimum Gasteiger partial charge on any atom is -0.394 e. The van der Waals surface area contributed by atoms with Crippen LogP contribution < -0.4 is 5.73 Å². The second kappa shape index (κ2) is 3.68. The summed E-state index contributed by atoms with van der Waals surface area (Å²) in [5.41, 5.74) is 5.51. The van der Waals surface area contributed by atoms with E-state index in [4.69, 9.17) is 15.6 Å². The summed E-state index contributed by atoms with van der Waals surface area (Å²) in [7, 11) is 0. The summed E-state index contributed by atoms with van der Waals surface area (Å²) < 4.78 is 5.15. The van der Waals surface area contributed by atoms with E-state index in [-0.39, 0.29) is 12.7 Å². The molecule has 3 unspecified atom stereocenters. The average molecular weight is 177 g/mol. The maximum absolute atomic E-state index is 9.35. The molecule has 12 heavy (non-hydrogen) atoms. The lowest BCUT2D eigenvalue weighted by molar-refractivity contribution is -0.183. The van der Waals surface area contributed by atoms with Crippen LogP contribution >= 0.6 is 0 Å². The molecule has 5 heteroatoms. The molecule has 1 aliphatic heterocycles. The summed E-state index contributed by atoms with van der Waals surface area (Å²) >= 11 is 0. The third kappa shape index (κ3) is 1.60. The molecule has 72 valence electrons. The Kier molecular flexibility index (Phi) is 3.03. The lowest BCUT2D eigenvalue weighted by Crippen LogP contribution is -2.60. The molecular weight excluding hydrogens is 162 g/mol. The van der Waals surface area contributed by atoms with Crippen molar-refractivity contribution in [2.45, 2.75) is 37.4 Å². The van der Waals surface area contributed by atoms with Crippen LogP contribution in [0, 0.1) is 0 Å². The van der Waals surface area contributed by atoms with Crippen molar-refractivity contribution in [3.8, 4) is 0 Å². The molecule has 5 N–H and O–H groups in total. The van der Waals surface area contributed by atoms with Crippen LogP contribution in [0.15, 0.2) is 0 Å². The molecule has 1 rings (SSSR count). The van der Waals surface area contributed by atoms with Gasteiger partial charge in [-0.3, -0.25) is 0 Å². The van der Waals surface area contributed by atoms with Gasteiger partial charge < -0.3 is 25.8 Å². The number of nitrogens with two attached hydrogens (primary N) is 1. The first-order valence-electron chi connectivity index (χ1n) is 3.96. The molecule has 1 fully saturated rings. The van der Waals surface area contributed by atoms with Gasteiger partial charge in [0.2, 0.25) is 0 Å². The van der Waals surface area contributed by atoms with Crippen molar-refractivity contribution < 1.29 is 20.1 Å². The van der Waals surface area contributed by atoms with Crippen LogP contribution in [0.1, 0.15) is 6.92 Å². The average Bonchev–Trinajstić information content (AvgIpc) is 2.08. The van der Waals surface area contributed by atoms with Crippen LogP contribution in [-0.2, 0) is 4.74 Å². The Morgan fingerprint density at radius 1 is 1.33 bits per heavy atom. The Bertz CT molecular complexity index is 150. The van der Waals surface area contributed by atoms with E-state index in [1.54, 1.807) is 6.92 Å². The molecule has 1 heterocycles. The number of hydrogen-bond donors (Lipinski definition) is 4. The van der Waals surface area contributed by atoms with E-state index in [1.165, 1.54) is 0 Å². The lowest BCUT2D eigenvalue weighted by atomic mass is 9.94. The van der Waals surface area contributed by atoms with Gasteiger partial charge in [-0.1, -0.05) is 0 Å². The predicted octanol–water partition coefficient (Wildman–Crippen LogP) is -2.18. The van der Waals surface area contributed by atoms with Crippen molar-refractivity contribution in [3.05, 3.63) is 0 Å². The van der Waals surface area contributed by atoms with Crippen molar-refractivity contribution in [3.63, 3.8) is 0 Å². The Balaban J connectivity index is 2.63. The van der Waals surface area contributed by atoms with Gasteiger partial charge >= 0.3 is 0 Å². The second-order valence-corrected chi connectivity index (χ2v) is 3.12. The SMILES string of the molecule is C[C@@H]1OC(CO)[C@@H](O)C(O)C1N. The molecule has 1 aliphatic rings.